The lowest BCUT2D eigenvalue weighted by Gasteiger charge is -2.31. The van der Waals surface area contributed by atoms with E-state index in [1.54, 1.807) is 4.90 Å². The lowest BCUT2D eigenvalue weighted by atomic mass is 9.98. The first kappa shape index (κ1) is 20.2. The minimum Gasteiger partial charge on any atom is -0.491 e. The van der Waals surface area contributed by atoms with Crippen molar-refractivity contribution < 1.29 is 19.4 Å². The average Bonchev–Trinajstić information content (AvgIpc) is 2.74. The first-order chi connectivity index (χ1) is 13.7. The molecule has 3 rings (SSSR count). The fraction of sp³-hybridized carbons (Fsp3) is 0.409. The minimum atomic E-state index is -0.0919. The monoisotopic (exact) mass is 384 g/mol. The molecule has 0 aromatic heterocycles. The van der Waals surface area contributed by atoms with Crippen LogP contribution in [0.2, 0.25) is 0 Å². The summed E-state index contributed by atoms with van der Waals surface area (Å²) in [6.45, 7) is 3.01. The number of hydrogen-bond acceptors (Lipinski definition) is 4. The summed E-state index contributed by atoms with van der Waals surface area (Å²) >= 11 is 0. The number of piperidine rings is 1. The van der Waals surface area contributed by atoms with Gasteiger partial charge in [-0.1, -0.05) is 30.3 Å². The van der Waals surface area contributed by atoms with E-state index in [0.29, 0.717) is 38.8 Å². The molecule has 0 atom stereocenters. The molecule has 0 aliphatic carbocycles. The van der Waals surface area contributed by atoms with Crippen molar-refractivity contribution in [3.63, 3.8) is 0 Å². The second-order valence-corrected chi connectivity index (χ2v) is 6.96. The van der Waals surface area contributed by atoms with E-state index in [1.807, 2.05) is 54.6 Å². The molecule has 2 N–H and O–H groups in total. The van der Waals surface area contributed by atoms with Crippen LogP contribution >= 0.6 is 0 Å². The molecule has 1 fully saturated rings. The lowest BCUT2D eigenvalue weighted by molar-refractivity contribution is 0.0889. The van der Waals surface area contributed by atoms with Gasteiger partial charge in [-0.05, 0) is 48.6 Å². The Bertz CT molecular complexity index is 730. The van der Waals surface area contributed by atoms with Crippen molar-refractivity contribution in [1.82, 2.24) is 4.90 Å². The Hall–Kier alpha value is -2.57. The van der Waals surface area contributed by atoms with Gasteiger partial charge in [-0.3, -0.25) is 0 Å². The molecule has 0 spiro atoms. The Balaban J connectivity index is 1.39. The zero-order valence-electron chi connectivity index (χ0n) is 16.0. The highest BCUT2D eigenvalue weighted by atomic mass is 16.5. The van der Waals surface area contributed by atoms with Crippen LogP contribution in [0.1, 0.15) is 18.4 Å². The van der Waals surface area contributed by atoms with Crippen molar-refractivity contribution in [3.8, 4) is 5.75 Å². The summed E-state index contributed by atoms with van der Waals surface area (Å²) in [5, 5.41) is 12.2. The van der Waals surface area contributed by atoms with Gasteiger partial charge in [-0.15, -0.1) is 0 Å². The van der Waals surface area contributed by atoms with Gasteiger partial charge in [-0.25, -0.2) is 4.79 Å². The number of hydrogen-bond donors (Lipinski definition) is 2. The Kier molecular flexibility index (Phi) is 7.70. The predicted octanol–water partition coefficient (Wildman–Crippen LogP) is 3.52. The van der Waals surface area contributed by atoms with Crippen LogP contribution in [0, 0.1) is 5.92 Å². The van der Waals surface area contributed by atoms with Crippen LogP contribution < -0.4 is 10.1 Å². The maximum atomic E-state index is 12.4. The van der Waals surface area contributed by atoms with Crippen molar-refractivity contribution in [2.75, 3.05) is 38.2 Å². The maximum absolute atomic E-state index is 12.4. The maximum Gasteiger partial charge on any atom is 0.321 e. The normalized spacial score (nSPS) is 14.7. The molecule has 0 bridgehead atoms. The van der Waals surface area contributed by atoms with Crippen LogP contribution in [-0.4, -0.2) is 48.9 Å². The van der Waals surface area contributed by atoms with Crippen LogP contribution in [0.5, 0.6) is 5.75 Å². The minimum absolute atomic E-state index is 0.0919. The number of benzene rings is 2. The highest BCUT2D eigenvalue weighted by Crippen LogP contribution is 2.18. The summed E-state index contributed by atoms with van der Waals surface area (Å²) in [4.78, 5) is 14.2. The molecular weight excluding hydrogens is 356 g/mol. The topological polar surface area (TPSA) is 71.0 Å². The number of urea groups is 1. The fourth-order valence-electron chi connectivity index (χ4n) is 3.19. The number of nitrogens with zero attached hydrogens (tertiary/aromatic N) is 1. The summed E-state index contributed by atoms with van der Waals surface area (Å²) in [7, 11) is 0. The second kappa shape index (κ2) is 10.7. The number of para-hydroxylation sites is 1. The molecule has 2 aromatic rings. The number of carbonyl (C=O) groups excluding carboxylic acids is 1. The molecule has 6 nitrogen and oxygen atoms in total. The smallest absolute Gasteiger partial charge is 0.321 e. The highest BCUT2D eigenvalue weighted by Gasteiger charge is 2.22. The third kappa shape index (κ3) is 6.25. The fourth-order valence-corrected chi connectivity index (χ4v) is 3.19. The summed E-state index contributed by atoms with van der Waals surface area (Å²) in [6, 6.07) is 17.2. The molecule has 2 amide bonds. The van der Waals surface area contributed by atoms with E-state index in [0.717, 1.165) is 29.8 Å². The number of ether oxygens (including phenoxy) is 2. The van der Waals surface area contributed by atoms with E-state index in [2.05, 4.69) is 5.32 Å². The van der Waals surface area contributed by atoms with E-state index in [4.69, 9.17) is 9.47 Å². The van der Waals surface area contributed by atoms with Gasteiger partial charge in [0.25, 0.3) is 0 Å². The molecule has 1 heterocycles. The molecule has 1 aliphatic rings. The standard InChI is InChI=1S/C22H28N2O4/c25-16-18-9-11-24(12-10-18)22(26)23-20-6-4-5-19(15-20)17-27-13-14-28-21-7-2-1-3-8-21/h1-8,15,18,25H,9-14,16-17H2,(H,23,26). The number of likely N-dealkylation sites (tertiary alicyclic amines) is 1. The largest absolute Gasteiger partial charge is 0.491 e. The summed E-state index contributed by atoms with van der Waals surface area (Å²) in [5.41, 5.74) is 1.76. The third-order valence-electron chi connectivity index (χ3n) is 4.85. The van der Waals surface area contributed by atoms with Crippen molar-refractivity contribution in [3.05, 3.63) is 60.2 Å². The quantitative estimate of drug-likeness (QED) is 0.683. The SMILES string of the molecule is O=C(Nc1cccc(COCCOc2ccccc2)c1)N1CCC(CO)CC1. The lowest BCUT2D eigenvalue weighted by Crippen LogP contribution is -2.41. The van der Waals surface area contributed by atoms with Crippen molar-refractivity contribution in [2.45, 2.75) is 19.4 Å². The van der Waals surface area contributed by atoms with Crippen LogP contribution in [0.3, 0.4) is 0 Å². The molecule has 1 saturated heterocycles. The number of aliphatic hydroxyl groups is 1. The van der Waals surface area contributed by atoms with E-state index >= 15 is 0 Å². The molecule has 2 aromatic carbocycles. The predicted molar refractivity (Wildman–Crippen MR) is 108 cm³/mol. The van der Waals surface area contributed by atoms with Gasteiger partial charge in [0.1, 0.15) is 12.4 Å². The zero-order valence-corrected chi connectivity index (χ0v) is 16.0. The Labute approximate surface area is 166 Å². The number of carbonyl (C=O) groups is 1. The first-order valence-electron chi connectivity index (χ1n) is 9.76. The molecule has 0 saturated carbocycles. The molecule has 150 valence electrons. The third-order valence-corrected chi connectivity index (χ3v) is 4.85. The number of rotatable bonds is 8. The van der Waals surface area contributed by atoms with E-state index < -0.39 is 0 Å². The van der Waals surface area contributed by atoms with Gasteiger partial charge in [0.05, 0.1) is 13.2 Å². The zero-order chi connectivity index (χ0) is 19.6. The van der Waals surface area contributed by atoms with Crippen LogP contribution in [0.25, 0.3) is 0 Å². The molecular formula is C22H28N2O4. The molecule has 0 radical (unpaired) electrons. The van der Waals surface area contributed by atoms with E-state index in [-0.39, 0.29) is 12.6 Å². The van der Waals surface area contributed by atoms with Gasteiger partial charge in [0.15, 0.2) is 0 Å². The van der Waals surface area contributed by atoms with Crippen LogP contribution in [-0.2, 0) is 11.3 Å². The van der Waals surface area contributed by atoms with Crippen molar-refractivity contribution in [1.29, 1.82) is 0 Å². The average molecular weight is 384 g/mol. The second-order valence-electron chi connectivity index (χ2n) is 6.96. The Morgan fingerprint density at radius 1 is 1.07 bits per heavy atom. The molecule has 6 heteroatoms. The molecule has 1 aliphatic heterocycles. The molecule has 28 heavy (non-hydrogen) atoms. The van der Waals surface area contributed by atoms with Gasteiger partial charge < -0.3 is 24.8 Å². The molecule has 0 unspecified atom stereocenters. The first-order valence-corrected chi connectivity index (χ1v) is 9.76. The van der Waals surface area contributed by atoms with Crippen molar-refractivity contribution >= 4 is 11.7 Å². The van der Waals surface area contributed by atoms with Gasteiger partial charge >= 0.3 is 6.03 Å². The summed E-state index contributed by atoms with van der Waals surface area (Å²) < 4.78 is 11.3. The van der Waals surface area contributed by atoms with Crippen LogP contribution in [0.15, 0.2) is 54.6 Å². The number of nitrogens with one attached hydrogen (secondary N) is 1. The van der Waals surface area contributed by atoms with Gasteiger partial charge in [0, 0.05) is 25.4 Å². The number of amides is 2. The van der Waals surface area contributed by atoms with Crippen LogP contribution in [0.4, 0.5) is 10.5 Å². The summed E-state index contributed by atoms with van der Waals surface area (Å²) in [5.74, 6) is 1.15. The number of aliphatic hydroxyl groups excluding tert-OH is 1. The Morgan fingerprint density at radius 2 is 1.86 bits per heavy atom. The van der Waals surface area contributed by atoms with Crippen molar-refractivity contribution in [2.24, 2.45) is 5.92 Å². The summed E-state index contributed by atoms with van der Waals surface area (Å²) in [6.07, 6.45) is 1.70. The number of anilines is 1. The van der Waals surface area contributed by atoms with Gasteiger partial charge in [0.2, 0.25) is 0 Å². The van der Waals surface area contributed by atoms with E-state index in [9.17, 15) is 9.90 Å². The Morgan fingerprint density at radius 3 is 2.61 bits per heavy atom. The van der Waals surface area contributed by atoms with Gasteiger partial charge in [-0.2, -0.15) is 0 Å². The van der Waals surface area contributed by atoms with E-state index in [1.165, 1.54) is 0 Å². The highest BCUT2D eigenvalue weighted by molar-refractivity contribution is 5.89.